The third kappa shape index (κ3) is 1.84. The quantitative estimate of drug-likeness (QED) is 0.669. The van der Waals surface area contributed by atoms with E-state index in [-0.39, 0.29) is 11.2 Å². The largest absolute Gasteiger partial charge is 0.396 e. The number of fused-ring (bicyclic) bond motifs is 1. The number of aromatic amines is 1. The molecular weight excluding hydrogens is 262 g/mol. The SMILES string of the molecule is Nc1c(F)cccc1-c1cc(=O)[nH]c2c(F)cccc12. The fraction of sp³-hybridized carbons (Fsp3) is 0. The first-order valence-electron chi connectivity index (χ1n) is 5.94. The number of halogens is 2. The van der Waals surface area contributed by atoms with E-state index in [1.165, 1.54) is 30.3 Å². The Morgan fingerprint density at radius 3 is 2.45 bits per heavy atom. The number of para-hydroxylation sites is 2. The zero-order valence-electron chi connectivity index (χ0n) is 10.3. The summed E-state index contributed by atoms with van der Waals surface area (Å²) in [5, 5.41) is 0.474. The highest BCUT2D eigenvalue weighted by molar-refractivity contribution is 5.97. The van der Waals surface area contributed by atoms with E-state index in [9.17, 15) is 13.6 Å². The molecule has 0 atom stereocenters. The number of H-pyrrole nitrogens is 1. The van der Waals surface area contributed by atoms with Gasteiger partial charge in [-0.1, -0.05) is 24.3 Å². The molecule has 0 aliphatic heterocycles. The lowest BCUT2D eigenvalue weighted by molar-refractivity contribution is 0.633. The minimum absolute atomic E-state index is 0.0661. The molecule has 3 N–H and O–H groups in total. The van der Waals surface area contributed by atoms with Crippen LogP contribution in [0.5, 0.6) is 0 Å². The summed E-state index contributed by atoms with van der Waals surface area (Å²) in [5.74, 6) is -1.12. The number of nitrogens with one attached hydrogen (secondary N) is 1. The number of rotatable bonds is 1. The number of nitrogen functional groups attached to an aromatic ring is 1. The second kappa shape index (κ2) is 4.45. The maximum absolute atomic E-state index is 13.8. The van der Waals surface area contributed by atoms with Gasteiger partial charge in [-0.2, -0.15) is 0 Å². The van der Waals surface area contributed by atoms with Crippen molar-refractivity contribution in [3.05, 3.63) is 64.5 Å². The summed E-state index contributed by atoms with van der Waals surface area (Å²) >= 11 is 0. The van der Waals surface area contributed by atoms with Crippen molar-refractivity contribution in [1.82, 2.24) is 4.98 Å². The molecule has 0 saturated heterocycles. The van der Waals surface area contributed by atoms with Gasteiger partial charge in [-0.3, -0.25) is 4.79 Å². The number of nitrogens with two attached hydrogens (primary N) is 1. The minimum atomic E-state index is -0.577. The third-order valence-electron chi connectivity index (χ3n) is 3.17. The van der Waals surface area contributed by atoms with Gasteiger partial charge in [0, 0.05) is 17.0 Å². The van der Waals surface area contributed by atoms with Crippen LogP contribution in [-0.4, -0.2) is 4.98 Å². The average molecular weight is 272 g/mol. The number of hydrogen-bond acceptors (Lipinski definition) is 2. The van der Waals surface area contributed by atoms with Gasteiger partial charge in [0.25, 0.3) is 0 Å². The van der Waals surface area contributed by atoms with Crippen molar-refractivity contribution >= 4 is 16.6 Å². The molecule has 5 heteroatoms. The first kappa shape index (κ1) is 12.3. The van der Waals surface area contributed by atoms with Crippen LogP contribution >= 0.6 is 0 Å². The van der Waals surface area contributed by atoms with Crippen molar-refractivity contribution in [3.63, 3.8) is 0 Å². The Hall–Kier alpha value is -2.69. The summed E-state index contributed by atoms with van der Waals surface area (Å²) in [6, 6.07) is 10.0. The highest BCUT2D eigenvalue weighted by Gasteiger charge is 2.13. The lowest BCUT2D eigenvalue weighted by Crippen LogP contribution is -2.07. The standard InChI is InChI=1S/C15H10F2N2O/c16-11-5-1-3-8(14(11)18)10-7-13(20)19-15-9(10)4-2-6-12(15)17/h1-7H,18H2,(H,19,20). The minimum Gasteiger partial charge on any atom is -0.396 e. The van der Waals surface area contributed by atoms with Crippen molar-refractivity contribution in [2.24, 2.45) is 0 Å². The Balaban J connectivity index is 2.45. The predicted octanol–water partition coefficient (Wildman–Crippen LogP) is 3.06. The molecule has 0 radical (unpaired) electrons. The third-order valence-corrected chi connectivity index (χ3v) is 3.17. The normalized spacial score (nSPS) is 10.9. The van der Waals surface area contributed by atoms with Crippen LogP contribution in [0.4, 0.5) is 14.5 Å². The number of pyridine rings is 1. The fourth-order valence-corrected chi connectivity index (χ4v) is 2.24. The van der Waals surface area contributed by atoms with Crippen LogP contribution in [0, 0.1) is 11.6 Å². The zero-order valence-corrected chi connectivity index (χ0v) is 10.3. The molecule has 1 aromatic heterocycles. The van der Waals surface area contributed by atoms with Crippen LogP contribution in [0.25, 0.3) is 22.0 Å². The summed E-state index contributed by atoms with van der Waals surface area (Å²) < 4.78 is 27.3. The number of aromatic nitrogens is 1. The monoisotopic (exact) mass is 272 g/mol. The molecule has 0 aliphatic carbocycles. The van der Waals surface area contributed by atoms with Crippen LogP contribution in [0.1, 0.15) is 0 Å². The summed E-state index contributed by atoms with van der Waals surface area (Å²) in [7, 11) is 0. The highest BCUT2D eigenvalue weighted by Crippen LogP contribution is 2.32. The van der Waals surface area contributed by atoms with E-state index in [0.29, 0.717) is 16.5 Å². The molecule has 0 spiro atoms. The molecule has 1 heterocycles. The molecule has 100 valence electrons. The Kier molecular flexibility index (Phi) is 2.75. The van der Waals surface area contributed by atoms with Gasteiger partial charge < -0.3 is 10.7 Å². The molecule has 0 unspecified atom stereocenters. The molecule has 0 fully saturated rings. The van der Waals surface area contributed by atoms with Crippen molar-refractivity contribution in [2.75, 3.05) is 5.73 Å². The molecule has 3 aromatic rings. The van der Waals surface area contributed by atoms with Crippen LogP contribution < -0.4 is 11.3 Å². The van der Waals surface area contributed by atoms with Gasteiger partial charge >= 0.3 is 0 Å². The van der Waals surface area contributed by atoms with Crippen LogP contribution in [-0.2, 0) is 0 Å². The molecule has 0 amide bonds. The van der Waals surface area contributed by atoms with Gasteiger partial charge in [0.1, 0.15) is 11.6 Å². The summed E-state index contributed by atoms with van der Waals surface area (Å²) in [5.41, 5.74) is 6.03. The van der Waals surface area contributed by atoms with E-state index in [4.69, 9.17) is 5.73 Å². The Morgan fingerprint density at radius 1 is 0.950 bits per heavy atom. The number of hydrogen-bond donors (Lipinski definition) is 2. The molecule has 2 aromatic carbocycles. The van der Waals surface area contributed by atoms with E-state index in [1.807, 2.05) is 0 Å². The maximum Gasteiger partial charge on any atom is 0.249 e. The van der Waals surface area contributed by atoms with Crippen molar-refractivity contribution < 1.29 is 8.78 Å². The summed E-state index contributed by atoms with van der Waals surface area (Å²) in [6.45, 7) is 0. The first-order chi connectivity index (χ1) is 9.58. The number of anilines is 1. The molecule has 3 nitrogen and oxygen atoms in total. The lowest BCUT2D eigenvalue weighted by Gasteiger charge is -2.10. The van der Waals surface area contributed by atoms with E-state index in [2.05, 4.69) is 4.98 Å². The molecule has 0 aliphatic rings. The zero-order chi connectivity index (χ0) is 14.3. The molecular formula is C15H10F2N2O. The Morgan fingerprint density at radius 2 is 1.65 bits per heavy atom. The van der Waals surface area contributed by atoms with E-state index >= 15 is 0 Å². The first-order valence-corrected chi connectivity index (χ1v) is 5.94. The van der Waals surface area contributed by atoms with E-state index < -0.39 is 17.2 Å². The van der Waals surface area contributed by atoms with Crippen molar-refractivity contribution in [1.29, 1.82) is 0 Å². The van der Waals surface area contributed by atoms with Crippen LogP contribution in [0.2, 0.25) is 0 Å². The van der Waals surface area contributed by atoms with Crippen molar-refractivity contribution in [3.8, 4) is 11.1 Å². The topological polar surface area (TPSA) is 58.9 Å². The molecule has 0 saturated carbocycles. The Bertz CT molecular complexity index is 871. The average Bonchev–Trinajstić information content (AvgIpc) is 2.42. The van der Waals surface area contributed by atoms with Gasteiger partial charge in [-0.25, -0.2) is 8.78 Å². The predicted molar refractivity (Wildman–Crippen MR) is 74.3 cm³/mol. The van der Waals surface area contributed by atoms with Gasteiger partial charge in [0.05, 0.1) is 11.2 Å². The van der Waals surface area contributed by atoms with Gasteiger partial charge in [0.15, 0.2) is 0 Å². The van der Waals surface area contributed by atoms with Crippen LogP contribution in [0.3, 0.4) is 0 Å². The maximum atomic E-state index is 13.8. The van der Waals surface area contributed by atoms with E-state index in [0.717, 1.165) is 0 Å². The van der Waals surface area contributed by atoms with Gasteiger partial charge in [-0.15, -0.1) is 0 Å². The van der Waals surface area contributed by atoms with Crippen molar-refractivity contribution in [2.45, 2.75) is 0 Å². The second-order valence-corrected chi connectivity index (χ2v) is 4.41. The summed E-state index contributed by atoms with van der Waals surface area (Å²) in [6.07, 6.45) is 0. The fourth-order valence-electron chi connectivity index (χ4n) is 2.24. The lowest BCUT2D eigenvalue weighted by atomic mass is 9.99. The molecule has 20 heavy (non-hydrogen) atoms. The second-order valence-electron chi connectivity index (χ2n) is 4.41. The van der Waals surface area contributed by atoms with Gasteiger partial charge in [0.2, 0.25) is 5.56 Å². The Labute approximate surface area is 112 Å². The van der Waals surface area contributed by atoms with Gasteiger partial charge in [-0.05, 0) is 17.7 Å². The smallest absolute Gasteiger partial charge is 0.249 e. The molecule has 3 rings (SSSR count). The highest BCUT2D eigenvalue weighted by atomic mass is 19.1. The number of benzene rings is 2. The van der Waals surface area contributed by atoms with Crippen LogP contribution in [0.15, 0.2) is 47.3 Å². The molecule has 0 bridgehead atoms. The summed E-state index contributed by atoms with van der Waals surface area (Å²) in [4.78, 5) is 14.1. The van der Waals surface area contributed by atoms with E-state index in [1.54, 1.807) is 12.1 Å².